The van der Waals surface area contributed by atoms with E-state index in [0.717, 1.165) is 0 Å². The molecule has 0 fully saturated rings. The Morgan fingerprint density at radius 1 is 0.536 bits per heavy atom. The van der Waals surface area contributed by atoms with Crippen LogP contribution in [-0.4, -0.2) is 9.55 Å². The molecule has 2 nitrogen and oxygen atoms in total. The molecule has 0 radical (unpaired) electrons. The van der Waals surface area contributed by atoms with Crippen molar-refractivity contribution < 1.29 is 0 Å². The number of nitrogens with one attached hydrogen (secondary N) is 1. The first-order valence-corrected chi connectivity index (χ1v) is 9.65. The number of aromatic amines is 1. The third kappa shape index (κ3) is 1.59. The number of para-hydroxylation sites is 3. The zero-order valence-electron chi connectivity index (χ0n) is 15.1. The van der Waals surface area contributed by atoms with Gasteiger partial charge in [-0.2, -0.15) is 0 Å². The Bertz CT molecular complexity index is 1560. The highest BCUT2D eigenvalue weighted by molar-refractivity contribution is 6.24. The van der Waals surface area contributed by atoms with Crippen LogP contribution >= 0.6 is 0 Å². The lowest BCUT2D eigenvalue weighted by Gasteiger charge is -2.11. The summed E-state index contributed by atoms with van der Waals surface area (Å²) in [6.45, 7) is 0. The fourth-order valence-corrected chi connectivity index (χ4v) is 4.97. The minimum atomic E-state index is 1.17. The van der Waals surface area contributed by atoms with Crippen molar-refractivity contribution in [3.05, 3.63) is 91.0 Å². The summed E-state index contributed by atoms with van der Waals surface area (Å²) in [7, 11) is 0. The first-order chi connectivity index (χ1) is 13.9. The van der Waals surface area contributed by atoms with Gasteiger partial charge in [0.05, 0.1) is 11.2 Å². The predicted octanol–water partition coefficient (Wildman–Crippen LogP) is 6.91. The van der Waals surface area contributed by atoms with Crippen molar-refractivity contribution in [3.8, 4) is 27.9 Å². The Morgan fingerprint density at radius 3 is 2.07 bits per heavy atom. The molecule has 6 aromatic rings. The SMILES string of the molecule is c1ccc2c(c1)-c1ccccc1-n1c3[nH]c4ccccc4c3c3cccc-2c31. The third-order valence-electron chi connectivity index (χ3n) is 6.09. The molecule has 2 heteroatoms. The standard InChI is InChI=1S/C26H16N2/c1-2-9-17-16(8-1)18-10-4-6-15-23(18)28-25-19(17)12-7-13-21(25)24-20-11-3-5-14-22(20)27-26(24)28/h1-15,27H. The van der Waals surface area contributed by atoms with Crippen molar-refractivity contribution >= 4 is 32.8 Å². The molecule has 0 bridgehead atoms. The second-order valence-corrected chi connectivity index (χ2v) is 7.49. The minimum Gasteiger partial charge on any atom is -0.340 e. The first-order valence-electron chi connectivity index (χ1n) is 9.65. The van der Waals surface area contributed by atoms with Gasteiger partial charge < -0.3 is 4.98 Å². The van der Waals surface area contributed by atoms with Gasteiger partial charge in [0.1, 0.15) is 5.65 Å². The molecule has 1 aliphatic rings. The van der Waals surface area contributed by atoms with Crippen LogP contribution in [0.3, 0.4) is 0 Å². The van der Waals surface area contributed by atoms with Gasteiger partial charge in [-0.1, -0.05) is 78.9 Å². The van der Waals surface area contributed by atoms with E-state index in [1.54, 1.807) is 0 Å². The van der Waals surface area contributed by atoms with Crippen LogP contribution in [0.2, 0.25) is 0 Å². The minimum absolute atomic E-state index is 1.17. The van der Waals surface area contributed by atoms with Crippen molar-refractivity contribution in [1.29, 1.82) is 0 Å². The summed E-state index contributed by atoms with van der Waals surface area (Å²) in [5.74, 6) is 0. The maximum atomic E-state index is 3.71. The number of nitrogens with zero attached hydrogens (tertiary/aromatic N) is 1. The van der Waals surface area contributed by atoms with Gasteiger partial charge in [-0.3, -0.25) is 4.57 Å². The van der Waals surface area contributed by atoms with E-state index in [-0.39, 0.29) is 0 Å². The summed E-state index contributed by atoms with van der Waals surface area (Å²) in [4.78, 5) is 3.71. The highest BCUT2D eigenvalue weighted by atomic mass is 15.1. The molecule has 1 N–H and O–H groups in total. The highest BCUT2D eigenvalue weighted by Gasteiger charge is 2.25. The van der Waals surface area contributed by atoms with Crippen LogP contribution in [0.25, 0.3) is 60.8 Å². The van der Waals surface area contributed by atoms with Crippen LogP contribution in [0.15, 0.2) is 91.0 Å². The Morgan fingerprint density at radius 2 is 1.18 bits per heavy atom. The van der Waals surface area contributed by atoms with Crippen LogP contribution in [0.5, 0.6) is 0 Å². The van der Waals surface area contributed by atoms with Crippen LogP contribution in [-0.2, 0) is 0 Å². The van der Waals surface area contributed by atoms with E-state index in [9.17, 15) is 0 Å². The number of hydrogen-bond donors (Lipinski definition) is 1. The second-order valence-electron chi connectivity index (χ2n) is 7.49. The summed E-state index contributed by atoms with van der Waals surface area (Å²) in [6.07, 6.45) is 0. The van der Waals surface area contributed by atoms with E-state index in [1.165, 1.54) is 60.8 Å². The largest absolute Gasteiger partial charge is 0.340 e. The monoisotopic (exact) mass is 356 g/mol. The predicted molar refractivity (Wildman–Crippen MR) is 117 cm³/mol. The van der Waals surface area contributed by atoms with Crippen LogP contribution in [0.1, 0.15) is 0 Å². The first kappa shape index (κ1) is 14.3. The van der Waals surface area contributed by atoms with E-state index >= 15 is 0 Å². The Balaban J connectivity index is 1.84. The molecule has 0 amide bonds. The van der Waals surface area contributed by atoms with E-state index in [1.807, 2.05) is 0 Å². The Labute approximate surface area is 161 Å². The fraction of sp³-hybridized carbons (Fsp3) is 0. The van der Waals surface area contributed by atoms with Gasteiger partial charge in [0.25, 0.3) is 0 Å². The quantitative estimate of drug-likeness (QED) is 0.305. The maximum Gasteiger partial charge on any atom is 0.124 e. The molecule has 0 saturated carbocycles. The van der Waals surface area contributed by atoms with Crippen molar-refractivity contribution in [2.45, 2.75) is 0 Å². The summed E-state index contributed by atoms with van der Waals surface area (Å²) in [6, 6.07) is 32.8. The van der Waals surface area contributed by atoms with Gasteiger partial charge in [-0.05, 0) is 23.3 Å². The average Bonchev–Trinajstić information content (AvgIpc) is 3.24. The van der Waals surface area contributed by atoms with Gasteiger partial charge in [0, 0.05) is 32.8 Å². The maximum absolute atomic E-state index is 3.71. The smallest absolute Gasteiger partial charge is 0.124 e. The lowest BCUT2D eigenvalue weighted by atomic mass is 9.94. The topological polar surface area (TPSA) is 20.7 Å². The van der Waals surface area contributed by atoms with Crippen LogP contribution < -0.4 is 0 Å². The van der Waals surface area contributed by atoms with Gasteiger partial charge in [0.15, 0.2) is 0 Å². The number of aromatic nitrogens is 2. The summed E-state index contributed by atoms with van der Waals surface area (Å²) in [5, 5.41) is 3.89. The van der Waals surface area contributed by atoms with E-state index < -0.39 is 0 Å². The molecule has 1 aliphatic heterocycles. The molecule has 0 saturated heterocycles. The van der Waals surface area contributed by atoms with Crippen LogP contribution in [0.4, 0.5) is 0 Å². The third-order valence-corrected chi connectivity index (χ3v) is 6.09. The molecular weight excluding hydrogens is 340 g/mol. The summed E-state index contributed by atoms with van der Waals surface area (Å²) in [5.41, 5.74) is 10.0. The van der Waals surface area contributed by atoms with Crippen molar-refractivity contribution in [2.24, 2.45) is 0 Å². The van der Waals surface area contributed by atoms with Gasteiger partial charge >= 0.3 is 0 Å². The number of benzene rings is 4. The van der Waals surface area contributed by atoms with E-state index in [4.69, 9.17) is 0 Å². The molecule has 7 rings (SSSR count). The van der Waals surface area contributed by atoms with Gasteiger partial charge in [-0.25, -0.2) is 0 Å². The normalized spacial score (nSPS) is 12.3. The molecule has 2 aromatic heterocycles. The zero-order valence-corrected chi connectivity index (χ0v) is 15.1. The fourth-order valence-electron chi connectivity index (χ4n) is 4.97. The van der Waals surface area contributed by atoms with Crippen molar-refractivity contribution in [1.82, 2.24) is 9.55 Å². The molecule has 28 heavy (non-hydrogen) atoms. The molecule has 0 aliphatic carbocycles. The molecule has 0 unspecified atom stereocenters. The zero-order chi connectivity index (χ0) is 18.2. The van der Waals surface area contributed by atoms with Gasteiger partial charge in [-0.15, -0.1) is 0 Å². The van der Waals surface area contributed by atoms with E-state index in [0.29, 0.717) is 0 Å². The molecule has 3 heterocycles. The van der Waals surface area contributed by atoms with E-state index in [2.05, 4.69) is 101 Å². The van der Waals surface area contributed by atoms with Crippen LogP contribution in [0, 0.1) is 0 Å². The number of H-pyrrole nitrogens is 1. The highest BCUT2D eigenvalue weighted by Crippen LogP contribution is 2.47. The van der Waals surface area contributed by atoms with Crippen molar-refractivity contribution in [3.63, 3.8) is 0 Å². The molecular formula is C26H16N2. The lowest BCUT2D eigenvalue weighted by Crippen LogP contribution is -1.95. The molecule has 4 aromatic carbocycles. The Hall–Kier alpha value is -3.78. The van der Waals surface area contributed by atoms with Crippen molar-refractivity contribution in [2.75, 3.05) is 0 Å². The average molecular weight is 356 g/mol. The lowest BCUT2D eigenvalue weighted by molar-refractivity contribution is 1.16. The molecule has 130 valence electrons. The number of rotatable bonds is 0. The number of fused-ring (bicyclic) bond motifs is 10. The van der Waals surface area contributed by atoms with Gasteiger partial charge in [0.2, 0.25) is 0 Å². The second kappa shape index (κ2) is 4.93. The number of hydrogen-bond acceptors (Lipinski definition) is 0. The summed E-state index contributed by atoms with van der Waals surface area (Å²) >= 11 is 0. The summed E-state index contributed by atoms with van der Waals surface area (Å²) < 4.78 is 2.43. The molecule has 0 spiro atoms. The Kier molecular flexibility index (Phi) is 2.52. The molecule has 0 atom stereocenters.